The average molecular weight is 272 g/mol. The lowest BCUT2D eigenvalue weighted by Gasteiger charge is -2.04. The van der Waals surface area contributed by atoms with Crippen LogP contribution in [0.5, 0.6) is 0 Å². The second kappa shape index (κ2) is 4.33. The van der Waals surface area contributed by atoms with Gasteiger partial charge in [-0.3, -0.25) is 9.78 Å². The summed E-state index contributed by atoms with van der Waals surface area (Å²) in [5, 5.41) is 11.2. The van der Waals surface area contributed by atoms with Crippen LogP contribution >= 0.6 is 11.3 Å². The standard InChI is InChI=1S/C13H8N2O3S/c16-12-8-5-14-4-7(10-2-1-3-19-10)11(8)15-6-9(12)13(17)18/h1-6H,(H,15,16)(H,17,18). The summed E-state index contributed by atoms with van der Waals surface area (Å²) < 4.78 is 0. The molecule has 0 unspecified atom stereocenters. The third-order valence-corrected chi connectivity index (χ3v) is 3.72. The lowest BCUT2D eigenvalue weighted by Crippen LogP contribution is -2.15. The predicted molar refractivity (Wildman–Crippen MR) is 72.6 cm³/mol. The summed E-state index contributed by atoms with van der Waals surface area (Å²) >= 11 is 1.53. The summed E-state index contributed by atoms with van der Waals surface area (Å²) in [6.07, 6.45) is 4.27. The Morgan fingerprint density at radius 1 is 1.37 bits per heavy atom. The van der Waals surface area contributed by atoms with Gasteiger partial charge in [-0.2, -0.15) is 0 Å². The van der Waals surface area contributed by atoms with Crippen molar-refractivity contribution in [3.8, 4) is 10.4 Å². The van der Waals surface area contributed by atoms with E-state index in [0.29, 0.717) is 5.52 Å². The fraction of sp³-hybridized carbons (Fsp3) is 0. The van der Waals surface area contributed by atoms with E-state index in [1.54, 1.807) is 6.20 Å². The van der Waals surface area contributed by atoms with Gasteiger partial charge in [0.2, 0.25) is 5.43 Å². The van der Waals surface area contributed by atoms with Crippen LogP contribution in [0.3, 0.4) is 0 Å². The van der Waals surface area contributed by atoms with Crippen LogP contribution in [0.4, 0.5) is 0 Å². The van der Waals surface area contributed by atoms with E-state index in [2.05, 4.69) is 9.97 Å². The molecule has 0 fully saturated rings. The van der Waals surface area contributed by atoms with Crippen LogP contribution in [0, 0.1) is 0 Å². The molecule has 3 aromatic rings. The van der Waals surface area contributed by atoms with E-state index in [0.717, 1.165) is 10.4 Å². The van der Waals surface area contributed by atoms with Crippen molar-refractivity contribution in [1.82, 2.24) is 9.97 Å². The molecule has 0 aliphatic rings. The molecule has 19 heavy (non-hydrogen) atoms. The summed E-state index contributed by atoms with van der Waals surface area (Å²) in [6.45, 7) is 0. The first kappa shape index (κ1) is 11.6. The molecule has 3 heterocycles. The number of carboxylic acids is 1. The molecule has 3 aromatic heterocycles. The van der Waals surface area contributed by atoms with E-state index in [1.165, 1.54) is 23.7 Å². The van der Waals surface area contributed by atoms with Crippen molar-refractivity contribution in [2.45, 2.75) is 0 Å². The average Bonchev–Trinajstić information content (AvgIpc) is 2.92. The molecule has 0 aliphatic heterocycles. The molecule has 94 valence electrons. The number of thiophene rings is 1. The van der Waals surface area contributed by atoms with Gasteiger partial charge in [0.15, 0.2) is 0 Å². The number of aromatic amines is 1. The first-order valence-corrected chi connectivity index (χ1v) is 6.33. The van der Waals surface area contributed by atoms with Crippen LogP contribution in [0.25, 0.3) is 21.3 Å². The molecule has 0 aliphatic carbocycles. The van der Waals surface area contributed by atoms with Crippen LogP contribution in [0.15, 0.2) is 40.9 Å². The summed E-state index contributed by atoms with van der Waals surface area (Å²) in [5.74, 6) is -1.25. The number of aromatic carboxylic acids is 1. The maximum Gasteiger partial charge on any atom is 0.341 e. The molecule has 0 amide bonds. The molecule has 0 radical (unpaired) electrons. The second-order valence-electron chi connectivity index (χ2n) is 3.92. The largest absolute Gasteiger partial charge is 0.477 e. The molecular formula is C13H8N2O3S. The van der Waals surface area contributed by atoms with Crippen LogP contribution in [-0.2, 0) is 0 Å². The highest BCUT2D eigenvalue weighted by Crippen LogP contribution is 2.28. The third-order valence-electron chi connectivity index (χ3n) is 2.81. The highest BCUT2D eigenvalue weighted by Gasteiger charge is 2.14. The third kappa shape index (κ3) is 1.82. The van der Waals surface area contributed by atoms with Crippen molar-refractivity contribution >= 4 is 28.2 Å². The highest BCUT2D eigenvalue weighted by atomic mass is 32.1. The van der Waals surface area contributed by atoms with Crippen LogP contribution in [0.2, 0.25) is 0 Å². The van der Waals surface area contributed by atoms with Crippen molar-refractivity contribution in [3.63, 3.8) is 0 Å². The van der Waals surface area contributed by atoms with Crippen molar-refractivity contribution in [1.29, 1.82) is 0 Å². The minimum absolute atomic E-state index is 0.280. The number of carboxylic acid groups (broad SMARTS) is 1. The Kier molecular flexibility index (Phi) is 2.64. The number of nitrogens with one attached hydrogen (secondary N) is 1. The second-order valence-corrected chi connectivity index (χ2v) is 4.87. The van der Waals surface area contributed by atoms with Crippen LogP contribution in [0.1, 0.15) is 10.4 Å². The monoisotopic (exact) mass is 272 g/mol. The minimum Gasteiger partial charge on any atom is -0.477 e. The van der Waals surface area contributed by atoms with Gasteiger partial charge in [0.25, 0.3) is 0 Å². The highest BCUT2D eigenvalue weighted by molar-refractivity contribution is 7.13. The van der Waals surface area contributed by atoms with E-state index in [-0.39, 0.29) is 10.9 Å². The Labute approximate surface area is 111 Å². The Morgan fingerprint density at radius 2 is 2.21 bits per heavy atom. The first-order chi connectivity index (χ1) is 9.18. The summed E-state index contributed by atoms with van der Waals surface area (Å²) in [7, 11) is 0. The van der Waals surface area contributed by atoms with Gasteiger partial charge >= 0.3 is 5.97 Å². The van der Waals surface area contributed by atoms with Gasteiger partial charge in [0.05, 0.1) is 10.9 Å². The summed E-state index contributed by atoms with van der Waals surface area (Å²) in [5.41, 5.74) is 0.596. The lowest BCUT2D eigenvalue weighted by atomic mass is 10.1. The van der Waals surface area contributed by atoms with Crippen molar-refractivity contribution in [2.75, 3.05) is 0 Å². The van der Waals surface area contributed by atoms with Gasteiger partial charge in [-0.1, -0.05) is 6.07 Å². The van der Waals surface area contributed by atoms with Gasteiger partial charge in [0, 0.05) is 29.0 Å². The maximum absolute atomic E-state index is 12.1. The molecule has 5 nitrogen and oxygen atoms in total. The summed E-state index contributed by atoms with van der Waals surface area (Å²) in [4.78, 5) is 30.9. The Balaban J connectivity index is 2.37. The first-order valence-electron chi connectivity index (χ1n) is 5.45. The van der Waals surface area contributed by atoms with E-state index in [4.69, 9.17) is 5.11 Å². The van der Waals surface area contributed by atoms with Crippen molar-refractivity contribution in [3.05, 3.63) is 51.9 Å². The Hall–Kier alpha value is -2.47. The number of aromatic nitrogens is 2. The van der Waals surface area contributed by atoms with Crippen LogP contribution < -0.4 is 5.43 Å². The predicted octanol–water partition coefficient (Wildman–Crippen LogP) is 2.35. The van der Waals surface area contributed by atoms with E-state index < -0.39 is 11.4 Å². The molecule has 2 N–H and O–H groups in total. The van der Waals surface area contributed by atoms with Gasteiger partial charge in [-0.15, -0.1) is 11.3 Å². The number of pyridine rings is 2. The zero-order valence-corrected chi connectivity index (χ0v) is 10.4. The molecule has 0 atom stereocenters. The van der Waals surface area contributed by atoms with Gasteiger partial charge in [-0.25, -0.2) is 4.79 Å². The molecule has 0 spiro atoms. The zero-order valence-electron chi connectivity index (χ0n) is 9.58. The summed E-state index contributed by atoms with van der Waals surface area (Å²) in [6, 6.07) is 3.83. The molecule has 6 heteroatoms. The van der Waals surface area contributed by atoms with E-state index in [1.807, 2.05) is 17.5 Å². The smallest absolute Gasteiger partial charge is 0.341 e. The Bertz CT molecular complexity index is 822. The van der Waals surface area contributed by atoms with E-state index in [9.17, 15) is 9.59 Å². The fourth-order valence-electron chi connectivity index (χ4n) is 1.92. The molecule has 0 aromatic carbocycles. The lowest BCUT2D eigenvalue weighted by molar-refractivity contribution is 0.0695. The molecule has 0 saturated carbocycles. The van der Waals surface area contributed by atoms with E-state index >= 15 is 0 Å². The number of nitrogens with zero attached hydrogens (tertiary/aromatic N) is 1. The van der Waals surface area contributed by atoms with Crippen molar-refractivity contribution in [2.24, 2.45) is 0 Å². The minimum atomic E-state index is -1.25. The number of carbonyl (C=O) groups is 1. The molecule has 0 bridgehead atoms. The zero-order chi connectivity index (χ0) is 13.4. The number of hydrogen-bond donors (Lipinski definition) is 2. The SMILES string of the molecule is O=C(O)c1c[nH]c2c(-c3cccs3)cncc2c1=O. The quantitative estimate of drug-likeness (QED) is 0.750. The fourth-order valence-corrected chi connectivity index (χ4v) is 2.66. The normalized spacial score (nSPS) is 10.7. The van der Waals surface area contributed by atoms with Gasteiger partial charge < -0.3 is 10.1 Å². The number of fused-ring (bicyclic) bond motifs is 1. The molecule has 3 rings (SSSR count). The number of hydrogen-bond acceptors (Lipinski definition) is 4. The number of rotatable bonds is 2. The van der Waals surface area contributed by atoms with Crippen LogP contribution in [-0.4, -0.2) is 21.0 Å². The number of H-pyrrole nitrogens is 1. The van der Waals surface area contributed by atoms with Gasteiger partial charge in [0.1, 0.15) is 5.56 Å². The topological polar surface area (TPSA) is 83.0 Å². The Morgan fingerprint density at radius 3 is 2.89 bits per heavy atom. The molecular weight excluding hydrogens is 264 g/mol. The van der Waals surface area contributed by atoms with Gasteiger partial charge in [-0.05, 0) is 11.4 Å². The molecule has 0 saturated heterocycles. The maximum atomic E-state index is 12.1. The van der Waals surface area contributed by atoms with Crippen molar-refractivity contribution < 1.29 is 9.90 Å².